The van der Waals surface area contributed by atoms with Gasteiger partial charge in [-0.1, -0.05) is 23.2 Å². The summed E-state index contributed by atoms with van der Waals surface area (Å²) in [5.74, 6) is -0.812. The molecule has 0 atom stereocenters. The molecule has 0 amide bonds. The number of hydrogen-bond acceptors (Lipinski definition) is 1. The van der Waals surface area contributed by atoms with Crippen molar-refractivity contribution in [2.24, 2.45) is 0 Å². The van der Waals surface area contributed by atoms with Gasteiger partial charge in [-0.3, -0.25) is 4.79 Å². The average Bonchev–Trinajstić information content (AvgIpc) is 1.82. The van der Waals surface area contributed by atoms with Crippen LogP contribution in [0.15, 0.2) is 12.1 Å². The predicted molar refractivity (Wildman–Crippen MR) is 46.6 cm³/mol. The van der Waals surface area contributed by atoms with Crippen molar-refractivity contribution in [2.75, 3.05) is 0 Å². The Bertz CT molecular complexity index is 314. The second-order valence-corrected chi connectivity index (χ2v) is 3.21. The first-order chi connectivity index (χ1) is 5.52. The standard InChI is InChI=1S/C7H2Cl3FO/c8-3-1-4(9)6(7(10)12)5(11)2-3/h1-2H. The number of carbonyl (C=O) groups excluding carboxylic acids is 1. The lowest BCUT2D eigenvalue weighted by atomic mass is 10.2. The van der Waals surface area contributed by atoms with Crippen LogP contribution in [0.2, 0.25) is 10.0 Å². The van der Waals surface area contributed by atoms with Gasteiger partial charge in [0, 0.05) is 5.02 Å². The molecular weight excluding hydrogens is 225 g/mol. The molecule has 0 radical (unpaired) electrons. The maximum Gasteiger partial charge on any atom is 0.256 e. The molecule has 0 N–H and O–H groups in total. The summed E-state index contributed by atoms with van der Waals surface area (Å²) in [5, 5.41) is -0.895. The van der Waals surface area contributed by atoms with Gasteiger partial charge in [0.2, 0.25) is 0 Å². The van der Waals surface area contributed by atoms with Gasteiger partial charge >= 0.3 is 0 Å². The van der Waals surface area contributed by atoms with E-state index in [1.165, 1.54) is 6.07 Å². The molecule has 0 heterocycles. The Balaban J connectivity index is 3.38. The largest absolute Gasteiger partial charge is 0.275 e. The molecule has 0 bridgehead atoms. The minimum atomic E-state index is -0.936. The lowest BCUT2D eigenvalue weighted by Crippen LogP contribution is -1.95. The molecule has 64 valence electrons. The Labute approximate surface area is 83.0 Å². The molecule has 0 aromatic heterocycles. The predicted octanol–water partition coefficient (Wildman–Crippen LogP) is 3.51. The fourth-order valence-corrected chi connectivity index (χ4v) is 1.52. The molecule has 12 heavy (non-hydrogen) atoms. The van der Waals surface area contributed by atoms with Crippen LogP contribution in [0.5, 0.6) is 0 Å². The summed E-state index contributed by atoms with van der Waals surface area (Å²) >= 11 is 16.0. The highest BCUT2D eigenvalue weighted by molar-refractivity contribution is 6.68. The first kappa shape index (κ1) is 9.78. The molecule has 1 rings (SSSR count). The fourth-order valence-electron chi connectivity index (χ4n) is 0.730. The Kier molecular flexibility index (Phi) is 2.94. The van der Waals surface area contributed by atoms with Gasteiger partial charge in [-0.2, -0.15) is 0 Å². The Morgan fingerprint density at radius 3 is 2.33 bits per heavy atom. The topological polar surface area (TPSA) is 17.1 Å². The van der Waals surface area contributed by atoms with Crippen molar-refractivity contribution in [3.8, 4) is 0 Å². The van der Waals surface area contributed by atoms with Crippen molar-refractivity contribution in [3.05, 3.63) is 33.6 Å². The van der Waals surface area contributed by atoms with E-state index in [-0.39, 0.29) is 15.6 Å². The van der Waals surface area contributed by atoms with Gasteiger partial charge in [0.05, 0.1) is 10.6 Å². The fraction of sp³-hybridized carbons (Fsp3) is 0. The second kappa shape index (κ2) is 3.60. The molecule has 0 spiro atoms. The number of rotatable bonds is 1. The molecule has 0 saturated carbocycles. The number of carbonyl (C=O) groups is 1. The zero-order chi connectivity index (χ0) is 9.30. The Morgan fingerprint density at radius 2 is 1.92 bits per heavy atom. The molecule has 0 aliphatic rings. The van der Waals surface area contributed by atoms with E-state index in [0.717, 1.165) is 6.07 Å². The van der Waals surface area contributed by atoms with Gasteiger partial charge < -0.3 is 0 Å². The zero-order valence-electron chi connectivity index (χ0n) is 5.57. The second-order valence-electron chi connectivity index (χ2n) is 2.02. The van der Waals surface area contributed by atoms with Crippen molar-refractivity contribution in [1.29, 1.82) is 0 Å². The third-order valence-corrected chi connectivity index (χ3v) is 1.91. The lowest BCUT2D eigenvalue weighted by molar-refractivity contribution is 0.107. The van der Waals surface area contributed by atoms with Crippen LogP contribution in [0.25, 0.3) is 0 Å². The minimum Gasteiger partial charge on any atom is -0.275 e. The molecule has 0 unspecified atom stereocenters. The molecule has 5 heteroatoms. The van der Waals surface area contributed by atoms with Crippen molar-refractivity contribution < 1.29 is 9.18 Å². The van der Waals surface area contributed by atoms with Crippen LogP contribution in [-0.2, 0) is 0 Å². The maximum absolute atomic E-state index is 12.9. The molecule has 1 aromatic carbocycles. The van der Waals surface area contributed by atoms with E-state index in [1.54, 1.807) is 0 Å². The molecule has 1 nitrogen and oxygen atoms in total. The smallest absolute Gasteiger partial charge is 0.256 e. The summed E-state index contributed by atoms with van der Waals surface area (Å²) in [6, 6.07) is 2.23. The summed E-state index contributed by atoms with van der Waals surface area (Å²) < 4.78 is 12.9. The monoisotopic (exact) mass is 226 g/mol. The summed E-state index contributed by atoms with van der Waals surface area (Å²) in [6.45, 7) is 0. The highest BCUT2D eigenvalue weighted by Gasteiger charge is 2.14. The van der Waals surface area contributed by atoms with Crippen molar-refractivity contribution >= 4 is 40.0 Å². The van der Waals surface area contributed by atoms with Crippen LogP contribution in [0.3, 0.4) is 0 Å². The third kappa shape index (κ3) is 1.89. The van der Waals surface area contributed by atoms with E-state index in [2.05, 4.69) is 0 Å². The molecule has 0 aliphatic heterocycles. The van der Waals surface area contributed by atoms with Crippen molar-refractivity contribution in [3.63, 3.8) is 0 Å². The van der Waals surface area contributed by atoms with Gasteiger partial charge in [0.15, 0.2) is 0 Å². The summed E-state index contributed by atoms with van der Waals surface area (Å²) in [5.41, 5.74) is -0.345. The summed E-state index contributed by atoms with van der Waals surface area (Å²) in [7, 11) is 0. The normalized spacial score (nSPS) is 10.0. The van der Waals surface area contributed by atoms with Crippen LogP contribution in [0, 0.1) is 5.82 Å². The average molecular weight is 227 g/mol. The van der Waals surface area contributed by atoms with Gasteiger partial charge in [0.25, 0.3) is 5.24 Å². The van der Waals surface area contributed by atoms with E-state index in [4.69, 9.17) is 34.8 Å². The van der Waals surface area contributed by atoms with E-state index >= 15 is 0 Å². The van der Waals surface area contributed by atoms with Gasteiger partial charge in [0.1, 0.15) is 5.82 Å². The first-order valence-electron chi connectivity index (χ1n) is 2.86. The van der Waals surface area contributed by atoms with E-state index in [9.17, 15) is 9.18 Å². The molecule has 0 saturated heterocycles. The van der Waals surface area contributed by atoms with E-state index in [0.29, 0.717) is 0 Å². The summed E-state index contributed by atoms with van der Waals surface area (Å²) in [6.07, 6.45) is 0. The van der Waals surface area contributed by atoms with Crippen LogP contribution in [0.4, 0.5) is 4.39 Å². The lowest BCUT2D eigenvalue weighted by Gasteiger charge is -2.00. The molecule has 0 aliphatic carbocycles. The highest BCUT2D eigenvalue weighted by Crippen LogP contribution is 2.25. The molecule has 0 fully saturated rings. The third-order valence-electron chi connectivity index (χ3n) is 1.20. The van der Waals surface area contributed by atoms with Crippen molar-refractivity contribution in [1.82, 2.24) is 0 Å². The zero-order valence-corrected chi connectivity index (χ0v) is 7.84. The van der Waals surface area contributed by atoms with Gasteiger partial charge in [-0.05, 0) is 23.7 Å². The van der Waals surface area contributed by atoms with E-state index < -0.39 is 11.1 Å². The van der Waals surface area contributed by atoms with Crippen LogP contribution >= 0.6 is 34.8 Å². The number of halogens is 4. The Morgan fingerprint density at radius 1 is 1.33 bits per heavy atom. The van der Waals surface area contributed by atoms with Gasteiger partial charge in [-0.15, -0.1) is 0 Å². The minimum absolute atomic E-state index is 0.0833. The van der Waals surface area contributed by atoms with Crippen molar-refractivity contribution in [2.45, 2.75) is 0 Å². The highest BCUT2D eigenvalue weighted by atomic mass is 35.5. The molecule has 1 aromatic rings. The summed E-state index contributed by atoms with van der Waals surface area (Å²) in [4.78, 5) is 10.6. The first-order valence-corrected chi connectivity index (χ1v) is 4.00. The number of benzene rings is 1. The SMILES string of the molecule is O=C(Cl)c1c(F)cc(Cl)cc1Cl. The molecular formula is C7H2Cl3FO. The van der Waals surface area contributed by atoms with Crippen LogP contribution in [0.1, 0.15) is 10.4 Å². The van der Waals surface area contributed by atoms with Crippen LogP contribution < -0.4 is 0 Å². The Hall–Kier alpha value is -0.310. The van der Waals surface area contributed by atoms with Gasteiger partial charge in [-0.25, -0.2) is 4.39 Å². The van der Waals surface area contributed by atoms with E-state index in [1.807, 2.05) is 0 Å². The number of hydrogen-bond donors (Lipinski definition) is 0. The quantitative estimate of drug-likeness (QED) is 0.671. The van der Waals surface area contributed by atoms with Crippen LogP contribution in [-0.4, -0.2) is 5.24 Å². The maximum atomic E-state index is 12.9.